The molecule has 0 aliphatic heterocycles. The first-order valence-corrected chi connectivity index (χ1v) is 9.49. The summed E-state index contributed by atoms with van der Waals surface area (Å²) in [5.74, 6) is -0.566. The van der Waals surface area contributed by atoms with Crippen molar-refractivity contribution in [2.24, 2.45) is 0 Å². The quantitative estimate of drug-likeness (QED) is 0.664. The molecule has 0 saturated heterocycles. The van der Waals surface area contributed by atoms with Gasteiger partial charge in [-0.1, -0.05) is 27.7 Å². The van der Waals surface area contributed by atoms with E-state index in [4.69, 9.17) is 0 Å². The van der Waals surface area contributed by atoms with Crippen LogP contribution in [0, 0.1) is 0 Å². The molecule has 104 valence electrons. The molecule has 17 heavy (non-hydrogen) atoms. The molecule has 0 aromatic rings. The highest BCUT2D eigenvalue weighted by Gasteiger charge is 2.38. The monoisotopic (exact) mass is 286 g/mol. The smallest absolute Gasteiger partial charge is 0.280 e. The van der Waals surface area contributed by atoms with Gasteiger partial charge in [-0.3, -0.25) is 9.13 Å². The van der Waals surface area contributed by atoms with Gasteiger partial charge in [0.25, 0.3) is 15.0 Å². The molecule has 0 aromatic heterocycles. The van der Waals surface area contributed by atoms with Crippen LogP contribution in [0.25, 0.3) is 0 Å². The van der Waals surface area contributed by atoms with Gasteiger partial charge in [0.2, 0.25) is 0 Å². The third-order valence-electron chi connectivity index (χ3n) is 2.71. The highest BCUT2D eigenvalue weighted by Crippen LogP contribution is 2.60. The molecule has 0 spiro atoms. The van der Waals surface area contributed by atoms with Gasteiger partial charge in [-0.25, -0.2) is 9.34 Å². The normalized spacial score (nSPS) is 19.3. The highest BCUT2D eigenvalue weighted by atomic mass is 31.2. The first-order chi connectivity index (χ1) is 7.75. The predicted molar refractivity (Wildman–Crippen MR) is 70.4 cm³/mol. The molecule has 8 heteroatoms. The van der Waals surface area contributed by atoms with E-state index in [0.717, 1.165) is 0 Å². The van der Waals surface area contributed by atoms with E-state index in [1.807, 2.05) is 0 Å². The van der Waals surface area contributed by atoms with Gasteiger partial charge in [-0.2, -0.15) is 0 Å². The van der Waals surface area contributed by atoms with Crippen molar-refractivity contribution in [3.63, 3.8) is 0 Å². The molecule has 2 unspecified atom stereocenters. The minimum Gasteiger partial charge on any atom is -0.333 e. The zero-order chi connectivity index (χ0) is 13.7. The first kappa shape index (κ1) is 17.3. The molecule has 2 atom stereocenters. The van der Waals surface area contributed by atoms with Gasteiger partial charge < -0.3 is 9.79 Å². The largest absolute Gasteiger partial charge is 0.333 e. The fourth-order valence-corrected chi connectivity index (χ4v) is 6.87. The molecule has 0 amide bonds. The maximum atomic E-state index is 12.1. The highest BCUT2D eigenvalue weighted by molar-refractivity contribution is 7.72. The number of hydrogen-bond donors (Lipinski definition) is 2. The predicted octanol–water partition coefficient (Wildman–Crippen LogP) is 2.00. The van der Waals surface area contributed by atoms with Crippen molar-refractivity contribution in [1.82, 2.24) is 9.34 Å². The molecule has 0 rings (SSSR count). The summed E-state index contributed by atoms with van der Waals surface area (Å²) in [6, 6.07) is 0. The Morgan fingerprint density at radius 3 is 1.18 bits per heavy atom. The molecule has 0 fully saturated rings. The van der Waals surface area contributed by atoms with E-state index in [1.54, 1.807) is 27.7 Å². The second-order valence-corrected chi connectivity index (χ2v) is 8.67. The van der Waals surface area contributed by atoms with Crippen LogP contribution in [0.15, 0.2) is 0 Å². The summed E-state index contributed by atoms with van der Waals surface area (Å²) in [7, 11) is -7.45. The van der Waals surface area contributed by atoms with Crippen LogP contribution in [0.2, 0.25) is 0 Å². The first-order valence-electron chi connectivity index (χ1n) is 5.89. The van der Waals surface area contributed by atoms with E-state index < -0.39 is 20.9 Å². The van der Waals surface area contributed by atoms with Crippen LogP contribution in [0.1, 0.15) is 27.7 Å². The third kappa shape index (κ3) is 4.82. The fraction of sp³-hybridized carbons (Fsp3) is 1.00. The van der Waals surface area contributed by atoms with Gasteiger partial charge in [0.15, 0.2) is 0 Å². The summed E-state index contributed by atoms with van der Waals surface area (Å²) in [4.78, 5) is 19.7. The Labute approximate surface area is 104 Å². The average Bonchev–Trinajstić information content (AvgIpc) is 2.18. The molecule has 0 radical (unpaired) electrons. The molecule has 6 nitrogen and oxygen atoms in total. The molecular formula is C9H24N2O4P2. The standard InChI is InChI=1S/C9H24N2O4P2/c1-5-10(6-2)16(12,13)9-17(14,15)11(7-3)8-4/h5-9H2,1-4H3,(H,12,13)(H,14,15). The number of rotatable bonds is 8. The summed E-state index contributed by atoms with van der Waals surface area (Å²) in [5, 5.41) is 0. The number of nitrogens with zero attached hydrogens (tertiary/aromatic N) is 2. The summed E-state index contributed by atoms with van der Waals surface area (Å²) in [6.07, 6.45) is 0. The van der Waals surface area contributed by atoms with Crippen LogP contribution >= 0.6 is 15.0 Å². The number of hydrogen-bond acceptors (Lipinski definition) is 2. The minimum atomic E-state index is -3.73. The van der Waals surface area contributed by atoms with Gasteiger partial charge in [0, 0.05) is 26.2 Å². The van der Waals surface area contributed by atoms with E-state index in [9.17, 15) is 18.9 Å². The van der Waals surface area contributed by atoms with Gasteiger partial charge in [-0.15, -0.1) is 0 Å². The van der Waals surface area contributed by atoms with Gasteiger partial charge in [0.1, 0.15) is 5.90 Å². The van der Waals surface area contributed by atoms with E-state index in [2.05, 4.69) is 0 Å². The summed E-state index contributed by atoms with van der Waals surface area (Å²) in [6.45, 7) is 8.59. The lowest BCUT2D eigenvalue weighted by molar-refractivity contribution is 0.350. The summed E-state index contributed by atoms with van der Waals surface area (Å²) in [5.41, 5.74) is 0. The van der Waals surface area contributed by atoms with Gasteiger partial charge in [-0.05, 0) is 0 Å². The molecule has 0 aromatic carbocycles. The molecule has 2 N–H and O–H groups in total. The van der Waals surface area contributed by atoms with Crippen molar-refractivity contribution in [1.29, 1.82) is 0 Å². The van der Waals surface area contributed by atoms with E-state index >= 15 is 0 Å². The van der Waals surface area contributed by atoms with Crippen molar-refractivity contribution in [3.05, 3.63) is 0 Å². The second kappa shape index (κ2) is 7.03. The molecule has 0 saturated carbocycles. The van der Waals surface area contributed by atoms with Crippen molar-refractivity contribution >= 4 is 15.0 Å². The van der Waals surface area contributed by atoms with Crippen LogP contribution in [0.3, 0.4) is 0 Å². The maximum absolute atomic E-state index is 12.1. The van der Waals surface area contributed by atoms with E-state index in [0.29, 0.717) is 26.2 Å². The van der Waals surface area contributed by atoms with Crippen molar-refractivity contribution in [2.45, 2.75) is 27.7 Å². The van der Waals surface area contributed by atoms with Gasteiger partial charge in [0.05, 0.1) is 0 Å². The topological polar surface area (TPSA) is 81.1 Å². The van der Waals surface area contributed by atoms with Crippen LogP contribution in [-0.4, -0.2) is 51.2 Å². The Bertz CT molecular complexity index is 286. The van der Waals surface area contributed by atoms with Crippen molar-refractivity contribution in [2.75, 3.05) is 32.1 Å². The van der Waals surface area contributed by atoms with Crippen molar-refractivity contribution < 1.29 is 18.9 Å². The Hall–Kier alpha value is 0.300. The van der Waals surface area contributed by atoms with E-state index in [-0.39, 0.29) is 0 Å². The second-order valence-electron chi connectivity index (χ2n) is 3.75. The molecule has 0 aliphatic carbocycles. The van der Waals surface area contributed by atoms with Crippen LogP contribution in [-0.2, 0) is 9.13 Å². The zero-order valence-corrected chi connectivity index (χ0v) is 12.8. The average molecular weight is 286 g/mol. The van der Waals surface area contributed by atoms with Crippen LogP contribution in [0.5, 0.6) is 0 Å². The van der Waals surface area contributed by atoms with Crippen LogP contribution < -0.4 is 0 Å². The summed E-state index contributed by atoms with van der Waals surface area (Å²) < 4.78 is 26.8. The molecule has 0 bridgehead atoms. The molecule has 0 aliphatic rings. The fourth-order valence-electron chi connectivity index (χ4n) is 1.75. The Morgan fingerprint density at radius 2 is 1.00 bits per heavy atom. The lowest BCUT2D eigenvalue weighted by Gasteiger charge is -2.30. The van der Waals surface area contributed by atoms with Gasteiger partial charge >= 0.3 is 0 Å². The maximum Gasteiger partial charge on any atom is 0.280 e. The Kier molecular flexibility index (Phi) is 7.15. The molecule has 0 heterocycles. The Balaban J connectivity index is 4.92. The lowest BCUT2D eigenvalue weighted by atomic mass is 10.7. The minimum absolute atomic E-state index is 0.391. The Morgan fingerprint density at radius 1 is 0.765 bits per heavy atom. The third-order valence-corrected chi connectivity index (χ3v) is 8.56. The van der Waals surface area contributed by atoms with Crippen LogP contribution in [0.4, 0.5) is 0 Å². The zero-order valence-electron chi connectivity index (χ0n) is 11.0. The summed E-state index contributed by atoms with van der Waals surface area (Å²) >= 11 is 0. The van der Waals surface area contributed by atoms with E-state index in [1.165, 1.54) is 9.34 Å². The SMILES string of the molecule is CCN(CC)P(=O)(O)CP(=O)(O)N(CC)CC. The molecular weight excluding hydrogens is 262 g/mol. The lowest BCUT2D eigenvalue weighted by Crippen LogP contribution is -2.25. The van der Waals surface area contributed by atoms with Crippen molar-refractivity contribution in [3.8, 4) is 0 Å².